The Balaban J connectivity index is 1.36. The fourth-order valence-corrected chi connectivity index (χ4v) is 3.56. The number of amides is 1. The van der Waals surface area contributed by atoms with Gasteiger partial charge in [0.05, 0.1) is 0 Å². The van der Waals surface area contributed by atoms with E-state index in [-0.39, 0.29) is 0 Å². The van der Waals surface area contributed by atoms with Gasteiger partial charge in [0.25, 0.3) is 5.89 Å². The van der Waals surface area contributed by atoms with Crippen molar-refractivity contribution in [2.75, 3.05) is 0 Å². The van der Waals surface area contributed by atoms with Crippen LogP contribution in [0.1, 0.15) is 40.3 Å². The fourth-order valence-electron chi connectivity index (χ4n) is 3.56. The average Bonchev–Trinajstić information content (AvgIpc) is 2.90. The van der Waals surface area contributed by atoms with E-state index in [0.717, 1.165) is 24.2 Å². The van der Waals surface area contributed by atoms with Gasteiger partial charge in [0.2, 0.25) is 5.91 Å². The summed E-state index contributed by atoms with van der Waals surface area (Å²) in [5, 5.41) is 8.65. The molecule has 1 aromatic carbocycles. The monoisotopic (exact) mass is 335 g/mol. The third-order valence-electron chi connectivity index (χ3n) is 5.12. The molecule has 1 saturated carbocycles. The maximum absolute atomic E-state index is 11.3. The molecule has 2 aromatic heterocycles. The number of hydrogen-bond donors (Lipinski definition) is 1. The Hall–Kier alpha value is -2.96. The van der Waals surface area contributed by atoms with Crippen molar-refractivity contribution < 1.29 is 9.32 Å². The second-order valence-corrected chi connectivity index (χ2v) is 7.11. The molecule has 3 aromatic rings. The van der Waals surface area contributed by atoms with Gasteiger partial charge in [-0.15, -0.1) is 0 Å². The Morgan fingerprint density at radius 1 is 1.32 bits per heavy atom. The molecule has 7 nitrogen and oxygen atoms in total. The summed E-state index contributed by atoms with van der Waals surface area (Å²) in [4.78, 5) is 15.7. The molecule has 0 saturated heterocycles. The molecule has 3 heterocycles. The first-order valence-corrected chi connectivity index (χ1v) is 8.39. The van der Waals surface area contributed by atoms with Crippen molar-refractivity contribution >= 4 is 5.91 Å². The first-order chi connectivity index (χ1) is 12.1. The standard InChI is InChI=1S/C18H17N5O2/c19-16(24)12-3-1-2-11(6-12)7-15-20-17(25-22-15)14-8-13-9-18(4-5-18)10-23(13)21-14/h1-3,6,8H,4-5,7,9-10H2,(H2,19,24). The van der Waals surface area contributed by atoms with E-state index in [9.17, 15) is 4.79 Å². The van der Waals surface area contributed by atoms with Crippen LogP contribution in [0.25, 0.3) is 11.6 Å². The van der Waals surface area contributed by atoms with Gasteiger partial charge in [0.15, 0.2) is 11.5 Å². The van der Waals surface area contributed by atoms with Gasteiger partial charge in [-0.05, 0) is 48.4 Å². The maximum Gasteiger partial charge on any atom is 0.278 e. The molecule has 25 heavy (non-hydrogen) atoms. The Bertz CT molecular complexity index is 958. The van der Waals surface area contributed by atoms with Gasteiger partial charge in [0.1, 0.15) is 0 Å². The third-order valence-corrected chi connectivity index (χ3v) is 5.12. The van der Waals surface area contributed by atoms with E-state index in [1.807, 2.05) is 6.07 Å². The van der Waals surface area contributed by atoms with Crippen molar-refractivity contribution in [2.24, 2.45) is 11.1 Å². The van der Waals surface area contributed by atoms with E-state index in [0.29, 0.717) is 29.1 Å². The lowest BCUT2D eigenvalue weighted by Gasteiger charge is -2.01. The number of primary amides is 1. The molecule has 7 heteroatoms. The van der Waals surface area contributed by atoms with E-state index >= 15 is 0 Å². The molecule has 2 aliphatic rings. The average molecular weight is 335 g/mol. The largest absolute Gasteiger partial charge is 0.366 e. The van der Waals surface area contributed by atoms with Crippen LogP contribution >= 0.6 is 0 Å². The van der Waals surface area contributed by atoms with Crippen molar-refractivity contribution in [3.63, 3.8) is 0 Å². The van der Waals surface area contributed by atoms with Crippen molar-refractivity contribution in [2.45, 2.75) is 32.2 Å². The topological polar surface area (TPSA) is 99.8 Å². The van der Waals surface area contributed by atoms with Gasteiger partial charge >= 0.3 is 0 Å². The minimum absolute atomic E-state index is 0.438. The van der Waals surface area contributed by atoms with Gasteiger partial charge in [-0.3, -0.25) is 9.48 Å². The summed E-state index contributed by atoms with van der Waals surface area (Å²) in [7, 11) is 0. The summed E-state index contributed by atoms with van der Waals surface area (Å²) in [6.07, 6.45) is 4.18. The summed E-state index contributed by atoms with van der Waals surface area (Å²) in [5.74, 6) is 0.549. The van der Waals surface area contributed by atoms with Crippen LogP contribution in [0.5, 0.6) is 0 Å². The predicted molar refractivity (Wildman–Crippen MR) is 88.7 cm³/mol. The first kappa shape index (κ1) is 14.4. The molecular weight excluding hydrogens is 318 g/mol. The minimum Gasteiger partial charge on any atom is -0.366 e. The van der Waals surface area contributed by atoms with E-state index in [4.69, 9.17) is 10.3 Å². The molecule has 1 fully saturated rings. The second kappa shape index (κ2) is 5.02. The van der Waals surface area contributed by atoms with Crippen LogP contribution < -0.4 is 5.73 Å². The summed E-state index contributed by atoms with van der Waals surface area (Å²) in [6.45, 7) is 1.00. The summed E-state index contributed by atoms with van der Waals surface area (Å²) in [5.41, 5.74) is 9.17. The molecule has 1 aliphatic carbocycles. The van der Waals surface area contributed by atoms with Gasteiger partial charge in [-0.25, -0.2) is 0 Å². The lowest BCUT2D eigenvalue weighted by atomic mass is 10.0. The first-order valence-electron chi connectivity index (χ1n) is 8.39. The normalized spacial score (nSPS) is 17.0. The Morgan fingerprint density at radius 2 is 2.20 bits per heavy atom. The Kier molecular flexibility index (Phi) is 2.89. The molecule has 0 atom stereocenters. The van der Waals surface area contributed by atoms with Crippen LogP contribution in [0.3, 0.4) is 0 Å². The summed E-state index contributed by atoms with van der Waals surface area (Å²) >= 11 is 0. The van der Waals surface area contributed by atoms with E-state index in [1.165, 1.54) is 18.5 Å². The molecule has 5 rings (SSSR count). The molecule has 1 amide bonds. The third kappa shape index (κ3) is 2.52. The van der Waals surface area contributed by atoms with Gasteiger partial charge in [-0.1, -0.05) is 17.3 Å². The number of benzene rings is 1. The zero-order chi connectivity index (χ0) is 17.0. The molecule has 0 bridgehead atoms. The number of aromatic nitrogens is 4. The molecular formula is C18H17N5O2. The maximum atomic E-state index is 11.3. The Morgan fingerprint density at radius 3 is 2.96 bits per heavy atom. The summed E-state index contributed by atoms with van der Waals surface area (Å²) in [6, 6.07) is 9.19. The Labute approximate surface area is 143 Å². The second-order valence-electron chi connectivity index (χ2n) is 7.11. The van der Waals surface area contributed by atoms with E-state index in [1.54, 1.807) is 18.2 Å². The van der Waals surface area contributed by atoms with E-state index in [2.05, 4.69) is 26.0 Å². The van der Waals surface area contributed by atoms with Crippen molar-refractivity contribution in [3.05, 3.63) is 53.0 Å². The van der Waals surface area contributed by atoms with Crippen LogP contribution in [-0.4, -0.2) is 25.8 Å². The number of fused-ring (bicyclic) bond motifs is 1. The number of rotatable bonds is 4. The zero-order valence-electron chi connectivity index (χ0n) is 13.6. The number of carbonyl (C=O) groups excluding carboxylic acids is 1. The highest BCUT2D eigenvalue weighted by atomic mass is 16.5. The lowest BCUT2D eigenvalue weighted by molar-refractivity contribution is 0.1000. The predicted octanol–water partition coefficient (Wildman–Crippen LogP) is 1.96. The molecule has 2 N–H and O–H groups in total. The van der Waals surface area contributed by atoms with Crippen molar-refractivity contribution in [1.29, 1.82) is 0 Å². The molecule has 0 radical (unpaired) electrons. The number of carbonyl (C=O) groups is 1. The van der Waals surface area contributed by atoms with Crippen LogP contribution in [0.4, 0.5) is 0 Å². The van der Waals surface area contributed by atoms with Gasteiger partial charge in [-0.2, -0.15) is 10.1 Å². The van der Waals surface area contributed by atoms with Crippen LogP contribution in [0.15, 0.2) is 34.9 Å². The highest BCUT2D eigenvalue weighted by Gasteiger charge is 2.48. The molecule has 1 aliphatic heterocycles. The van der Waals surface area contributed by atoms with Crippen LogP contribution in [0, 0.1) is 5.41 Å². The smallest absolute Gasteiger partial charge is 0.278 e. The van der Waals surface area contributed by atoms with Crippen molar-refractivity contribution in [1.82, 2.24) is 19.9 Å². The fraction of sp³-hybridized carbons (Fsp3) is 0.333. The number of hydrogen-bond acceptors (Lipinski definition) is 5. The molecule has 126 valence electrons. The van der Waals surface area contributed by atoms with Crippen LogP contribution in [-0.2, 0) is 19.4 Å². The van der Waals surface area contributed by atoms with E-state index < -0.39 is 5.91 Å². The van der Waals surface area contributed by atoms with Crippen LogP contribution in [0.2, 0.25) is 0 Å². The summed E-state index contributed by atoms with van der Waals surface area (Å²) < 4.78 is 7.45. The number of nitrogens with zero attached hydrogens (tertiary/aromatic N) is 4. The van der Waals surface area contributed by atoms with Gasteiger partial charge in [0, 0.05) is 24.2 Å². The molecule has 1 spiro atoms. The van der Waals surface area contributed by atoms with Crippen molar-refractivity contribution in [3.8, 4) is 11.6 Å². The van der Waals surface area contributed by atoms with Gasteiger partial charge < -0.3 is 10.3 Å². The molecule has 0 unspecified atom stereocenters. The zero-order valence-corrected chi connectivity index (χ0v) is 13.6. The lowest BCUT2D eigenvalue weighted by Crippen LogP contribution is -2.11. The minimum atomic E-state index is -0.448. The quantitative estimate of drug-likeness (QED) is 0.785. The highest BCUT2D eigenvalue weighted by Crippen LogP contribution is 2.53. The number of nitrogens with two attached hydrogens (primary N) is 1. The highest BCUT2D eigenvalue weighted by molar-refractivity contribution is 5.92. The SMILES string of the molecule is NC(=O)c1cccc(Cc2noc(-c3cc4n(n3)CC3(CC3)C4)n2)c1.